The van der Waals surface area contributed by atoms with Gasteiger partial charge in [0.05, 0.1) is 0 Å². The summed E-state index contributed by atoms with van der Waals surface area (Å²) in [7, 11) is 0. The fourth-order valence-corrected chi connectivity index (χ4v) is 1.12. The summed E-state index contributed by atoms with van der Waals surface area (Å²) >= 11 is 0. The number of hydrogen-bond acceptors (Lipinski definition) is 2. The Kier molecular flexibility index (Phi) is 3.29. The van der Waals surface area contributed by atoms with Crippen molar-refractivity contribution in [2.24, 2.45) is 0 Å². The lowest BCUT2D eigenvalue weighted by atomic mass is 10.4. The lowest BCUT2D eigenvalue weighted by Gasteiger charge is -2.10. The summed E-state index contributed by atoms with van der Waals surface area (Å²) in [5.74, 6) is 1.01. The van der Waals surface area contributed by atoms with Gasteiger partial charge in [-0.25, -0.2) is 4.98 Å². The number of ether oxygens (including phenoxy) is 1. The van der Waals surface area contributed by atoms with E-state index in [0.29, 0.717) is 12.6 Å². The zero-order valence-corrected chi connectivity index (χ0v) is 7.95. The lowest BCUT2D eigenvalue weighted by Crippen LogP contribution is -2.06. The predicted molar refractivity (Wildman–Crippen MR) is 47.9 cm³/mol. The molecule has 0 N–H and O–H groups in total. The second-order valence-electron chi connectivity index (χ2n) is 2.98. The van der Waals surface area contributed by atoms with Crippen molar-refractivity contribution in [1.29, 1.82) is 0 Å². The van der Waals surface area contributed by atoms with Gasteiger partial charge in [-0.3, -0.25) is 0 Å². The van der Waals surface area contributed by atoms with Crippen LogP contribution in [0.15, 0.2) is 12.4 Å². The first-order valence-corrected chi connectivity index (χ1v) is 4.35. The molecule has 0 bridgehead atoms. The van der Waals surface area contributed by atoms with Gasteiger partial charge in [0.15, 0.2) is 0 Å². The smallest absolute Gasteiger partial charge is 0.134 e. The van der Waals surface area contributed by atoms with Gasteiger partial charge >= 0.3 is 0 Å². The Morgan fingerprint density at radius 2 is 2.33 bits per heavy atom. The number of aromatic nitrogens is 2. The van der Waals surface area contributed by atoms with Gasteiger partial charge in [0.2, 0.25) is 0 Å². The number of rotatable bonds is 4. The third-order valence-corrected chi connectivity index (χ3v) is 1.74. The fraction of sp³-hybridized carbons (Fsp3) is 0.667. The van der Waals surface area contributed by atoms with Crippen molar-refractivity contribution in [1.82, 2.24) is 9.55 Å². The Morgan fingerprint density at radius 1 is 1.58 bits per heavy atom. The second-order valence-corrected chi connectivity index (χ2v) is 2.98. The summed E-state index contributed by atoms with van der Waals surface area (Å²) in [5.41, 5.74) is 0. The molecular formula is C9H16N2O. The Bertz CT molecular complexity index is 230. The standard InChI is InChI=1S/C9H16N2O/c1-4-12-7-9-10-5-6-11(9)8(2)3/h5-6,8H,4,7H2,1-3H3. The molecule has 3 heteroatoms. The number of imidazole rings is 1. The molecule has 0 aliphatic carbocycles. The van der Waals surface area contributed by atoms with Gasteiger partial charge in [-0.2, -0.15) is 0 Å². The van der Waals surface area contributed by atoms with E-state index in [-0.39, 0.29) is 0 Å². The zero-order chi connectivity index (χ0) is 8.97. The molecule has 0 fully saturated rings. The van der Waals surface area contributed by atoms with Crippen LogP contribution in [0.2, 0.25) is 0 Å². The molecule has 0 unspecified atom stereocenters. The van der Waals surface area contributed by atoms with Crippen LogP contribution in [-0.2, 0) is 11.3 Å². The first kappa shape index (κ1) is 9.26. The topological polar surface area (TPSA) is 27.1 Å². The molecule has 0 atom stereocenters. The van der Waals surface area contributed by atoms with Crippen LogP contribution >= 0.6 is 0 Å². The van der Waals surface area contributed by atoms with E-state index < -0.39 is 0 Å². The Labute approximate surface area is 73.4 Å². The maximum absolute atomic E-state index is 5.29. The van der Waals surface area contributed by atoms with E-state index in [0.717, 1.165) is 12.4 Å². The van der Waals surface area contributed by atoms with Crippen LogP contribution in [0.3, 0.4) is 0 Å². The molecule has 0 radical (unpaired) electrons. The Balaban J connectivity index is 2.64. The van der Waals surface area contributed by atoms with E-state index in [4.69, 9.17) is 4.74 Å². The van der Waals surface area contributed by atoms with Gasteiger partial charge in [0.25, 0.3) is 0 Å². The highest BCUT2D eigenvalue weighted by Gasteiger charge is 2.04. The van der Waals surface area contributed by atoms with E-state index >= 15 is 0 Å². The molecule has 3 nitrogen and oxygen atoms in total. The van der Waals surface area contributed by atoms with Gasteiger partial charge in [-0.15, -0.1) is 0 Å². The molecule has 68 valence electrons. The highest BCUT2D eigenvalue weighted by molar-refractivity contribution is 4.92. The third-order valence-electron chi connectivity index (χ3n) is 1.74. The minimum atomic E-state index is 0.461. The summed E-state index contributed by atoms with van der Waals surface area (Å²) in [6, 6.07) is 0.461. The van der Waals surface area contributed by atoms with E-state index in [1.165, 1.54) is 0 Å². The molecule has 1 heterocycles. The molecule has 12 heavy (non-hydrogen) atoms. The minimum absolute atomic E-state index is 0.461. The molecule has 1 rings (SSSR count). The largest absolute Gasteiger partial charge is 0.374 e. The molecular weight excluding hydrogens is 152 g/mol. The van der Waals surface area contributed by atoms with Crippen molar-refractivity contribution in [2.45, 2.75) is 33.4 Å². The molecule has 0 saturated carbocycles. The molecule has 1 aromatic rings. The average Bonchev–Trinajstić information content (AvgIpc) is 2.48. The average molecular weight is 168 g/mol. The maximum Gasteiger partial charge on any atom is 0.134 e. The monoisotopic (exact) mass is 168 g/mol. The van der Waals surface area contributed by atoms with Gasteiger partial charge in [-0.05, 0) is 20.8 Å². The van der Waals surface area contributed by atoms with Crippen LogP contribution in [-0.4, -0.2) is 16.2 Å². The van der Waals surface area contributed by atoms with Crippen LogP contribution in [0.4, 0.5) is 0 Å². The molecule has 0 amide bonds. The van der Waals surface area contributed by atoms with E-state index in [1.807, 2.05) is 19.3 Å². The van der Waals surface area contributed by atoms with Crippen LogP contribution < -0.4 is 0 Å². The predicted octanol–water partition coefficient (Wildman–Crippen LogP) is 2.00. The first-order chi connectivity index (χ1) is 5.75. The summed E-state index contributed by atoms with van der Waals surface area (Å²) in [6.45, 7) is 7.61. The highest BCUT2D eigenvalue weighted by atomic mass is 16.5. The minimum Gasteiger partial charge on any atom is -0.374 e. The SMILES string of the molecule is CCOCc1nccn1C(C)C. The molecule has 0 aliphatic heterocycles. The van der Waals surface area contributed by atoms with Gasteiger partial charge in [0.1, 0.15) is 12.4 Å². The maximum atomic E-state index is 5.29. The van der Waals surface area contributed by atoms with E-state index in [1.54, 1.807) is 0 Å². The quantitative estimate of drug-likeness (QED) is 0.687. The Morgan fingerprint density at radius 3 is 2.92 bits per heavy atom. The van der Waals surface area contributed by atoms with Gasteiger partial charge in [0, 0.05) is 25.0 Å². The molecule has 0 saturated heterocycles. The summed E-state index contributed by atoms with van der Waals surface area (Å²) < 4.78 is 7.41. The van der Waals surface area contributed by atoms with Crippen LogP contribution in [0, 0.1) is 0 Å². The summed E-state index contributed by atoms with van der Waals surface area (Å²) in [5, 5.41) is 0. The molecule has 0 aliphatic rings. The van der Waals surface area contributed by atoms with Crippen molar-refractivity contribution in [3.05, 3.63) is 18.2 Å². The van der Waals surface area contributed by atoms with Crippen LogP contribution in [0.5, 0.6) is 0 Å². The molecule has 0 spiro atoms. The summed E-state index contributed by atoms with van der Waals surface area (Å²) in [4.78, 5) is 4.21. The van der Waals surface area contributed by atoms with Gasteiger partial charge in [-0.1, -0.05) is 0 Å². The van der Waals surface area contributed by atoms with E-state index in [2.05, 4.69) is 23.4 Å². The molecule has 1 aromatic heterocycles. The lowest BCUT2D eigenvalue weighted by molar-refractivity contribution is 0.124. The number of hydrogen-bond donors (Lipinski definition) is 0. The van der Waals surface area contributed by atoms with Crippen molar-refractivity contribution in [2.75, 3.05) is 6.61 Å². The van der Waals surface area contributed by atoms with Crippen LogP contribution in [0.1, 0.15) is 32.6 Å². The third kappa shape index (κ3) is 2.08. The fourth-order valence-electron chi connectivity index (χ4n) is 1.12. The van der Waals surface area contributed by atoms with Crippen molar-refractivity contribution >= 4 is 0 Å². The van der Waals surface area contributed by atoms with Crippen molar-refractivity contribution in [3.63, 3.8) is 0 Å². The van der Waals surface area contributed by atoms with Crippen molar-refractivity contribution < 1.29 is 4.74 Å². The highest BCUT2D eigenvalue weighted by Crippen LogP contribution is 2.08. The number of nitrogens with zero attached hydrogens (tertiary/aromatic N) is 2. The van der Waals surface area contributed by atoms with Crippen molar-refractivity contribution in [3.8, 4) is 0 Å². The van der Waals surface area contributed by atoms with Gasteiger partial charge < -0.3 is 9.30 Å². The molecule has 0 aromatic carbocycles. The van der Waals surface area contributed by atoms with E-state index in [9.17, 15) is 0 Å². The van der Waals surface area contributed by atoms with Crippen LogP contribution in [0.25, 0.3) is 0 Å². The first-order valence-electron chi connectivity index (χ1n) is 4.35. The summed E-state index contributed by atoms with van der Waals surface area (Å²) in [6.07, 6.45) is 3.80. The normalized spacial score (nSPS) is 11.0. The zero-order valence-electron chi connectivity index (χ0n) is 7.95. The second kappa shape index (κ2) is 4.26. The Hall–Kier alpha value is -0.830.